The zero-order chi connectivity index (χ0) is 15.5. The normalized spacial score (nSPS) is 10.6. The maximum absolute atomic E-state index is 12.4. The lowest BCUT2D eigenvalue weighted by atomic mass is 10.1. The molecule has 0 atom stereocenters. The van der Waals surface area contributed by atoms with Crippen LogP contribution in [0.3, 0.4) is 0 Å². The Balaban J connectivity index is 1.86. The quantitative estimate of drug-likeness (QED) is 0.797. The minimum absolute atomic E-state index is 0.0859. The Morgan fingerprint density at radius 2 is 1.82 bits per heavy atom. The van der Waals surface area contributed by atoms with E-state index >= 15 is 0 Å². The number of carbonyl (C=O) groups is 1. The lowest BCUT2D eigenvalue weighted by molar-refractivity contribution is 0.0950. The van der Waals surface area contributed by atoms with Gasteiger partial charge >= 0.3 is 0 Å². The highest BCUT2D eigenvalue weighted by Gasteiger charge is 2.12. The molecule has 3 heteroatoms. The molecule has 0 aliphatic rings. The molecule has 1 heterocycles. The minimum Gasteiger partial charge on any atom is -0.348 e. The van der Waals surface area contributed by atoms with Crippen LogP contribution >= 0.6 is 0 Å². The van der Waals surface area contributed by atoms with E-state index in [1.54, 1.807) is 0 Å². The van der Waals surface area contributed by atoms with Gasteiger partial charge in [-0.3, -0.25) is 9.78 Å². The Morgan fingerprint density at radius 1 is 1.05 bits per heavy atom. The number of hydrogen-bond donors (Lipinski definition) is 1. The molecule has 3 nitrogen and oxygen atoms in total. The Kier molecular flexibility index (Phi) is 3.88. The van der Waals surface area contributed by atoms with E-state index in [-0.39, 0.29) is 5.91 Å². The van der Waals surface area contributed by atoms with Gasteiger partial charge < -0.3 is 5.32 Å². The average molecular weight is 290 g/mol. The predicted octanol–water partition coefficient (Wildman–Crippen LogP) is 3.78. The Bertz CT molecular complexity index is 825. The summed E-state index contributed by atoms with van der Waals surface area (Å²) in [6, 6.07) is 17.8. The van der Waals surface area contributed by atoms with Crippen LogP contribution in [0.4, 0.5) is 0 Å². The van der Waals surface area contributed by atoms with Crippen molar-refractivity contribution in [2.45, 2.75) is 20.4 Å². The third kappa shape index (κ3) is 2.84. The standard InChI is InChI=1S/C19H18N2O/c1-13-7-6-10-16-11-17(14(2)21-18(13)16)19(22)20-12-15-8-4-3-5-9-15/h3-11H,12H2,1-2H3,(H,20,22). The molecule has 22 heavy (non-hydrogen) atoms. The fourth-order valence-electron chi connectivity index (χ4n) is 2.54. The van der Waals surface area contributed by atoms with Crippen LogP contribution in [0.2, 0.25) is 0 Å². The molecule has 0 aliphatic carbocycles. The predicted molar refractivity (Wildman–Crippen MR) is 88.8 cm³/mol. The molecule has 0 aliphatic heterocycles. The first-order chi connectivity index (χ1) is 10.6. The molecule has 0 fully saturated rings. The number of pyridine rings is 1. The zero-order valence-corrected chi connectivity index (χ0v) is 12.8. The molecule has 1 aromatic heterocycles. The highest BCUT2D eigenvalue weighted by molar-refractivity contribution is 5.99. The first kappa shape index (κ1) is 14.3. The molecule has 110 valence electrons. The molecule has 0 radical (unpaired) electrons. The molecule has 1 N–H and O–H groups in total. The van der Waals surface area contributed by atoms with Crippen molar-refractivity contribution in [3.8, 4) is 0 Å². The van der Waals surface area contributed by atoms with E-state index < -0.39 is 0 Å². The Morgan fingerprint density at radius 3 is 2.59 bits per heavy atom. The van der Waals surface area contributed by atoms with Gasteiger partial charge in [-0.15, -0.1) is 0 Å². The van der Waals surface area contributed by atoms with Crippen LogP contribution in [0.25, 0.3) is 10.9 Å². The average Bonchev–Trinajstić information content (AvgIpc) is 2.54. The van der Waals surface area contributed by atoms with Crippen LogP contribution in [0.5, 0.6) is 0 Å². The van der Waals surface area contributed by atoms with Gasteiger partial charge in [-0.2, -0.15) is 0 Å². The van der Waals surface area contributed by atoms with E-state index in [9.17, 15) is 4.79 Å². The lowest BCUT2D eigenvalue weighted by Crippen LogP contribution is -2.24. The van der Waals surface area contributed by atoms with E-state index in [2.05, 4.69) is 10.3 Å². The molecule has 0 saturated heterocycles. The number of nitrogens with one attached hydrogen (secondary N) is 1. The van der Waals surface area contributed by atoms with Gasteiger partial charge in [0.1, 0.15) is 0 Å². The number of carbonyl (C=O) groups excluding carboxylic acids is 1. The van der Waals surface area contributed by atoms with Gasteiger partial charge in [0.15, 0.2) is 0 Å². The van der Waals surface area contributed by atoms with Crippen molar-refractivity contribution in [3.05, 3.63) is 77.0 Å². The van der Waals surface area contributed by atoms with Gasteiger partial charge in [0.05, 0.1) is 16.8 Å². The minimum atomic E-state index is -0.0859. The fourth-order valence-corrected chi connectivity index (χ4v) is 2.54. The van der Waals surface area contributed by atoms with Gasteiger partial charge in [0.2, 0.25) is 0 Å². The molecular weight excluding hydrogens is 272 g/mol. The second-order valence-corrected chi connectivity index (χ2v) is 5.44. The number of rotatable bonds is 3. The number of aryl methyl sites for hydroxylation is 2. The summed E-state index contributed by atoms with van der Waals surface area (Å²) < 4.78 is 0. The van der Waals surface area contributed by atoms with Crippen molar-refractivity contribution in [2.75, 3.05) is 0 Å². The summed E-state index contributed by atoms with van der Waals surface area (Å²) in [6.07, 6.45) is 0. The summed E-state index contributed by atoms with van der Waals surface area (Å²) in [7, 11) is 0. The van der Waals surface area contributed by atoms with Crippen molar-refractivity contribution >= 4 is 16.8 Å². The summed E-state index contributed by atoms with van der Waals surface area (Å²) in [5.41, 5.74) is 4.55. The van der Waals surface area contributed by atoms with Crippen molar-refractivity contribution in [1.29, 1.82) is 0 Å². The summed E-state index contributed by atoms with van der Waals surface area (Å²) in [6.45, 7) is 4.43. The molecule has 0 spiro atoms. The summed E-state index contributed by atoms with van der Waals surface area (Å²) in [5, 5.41) is 3.95. The van der Waals surface area contributed by atoms with E-state index in [0.29, 0.717) is 12.1 Å². The third-order valence-electron chi connectivity index (χ3n) is 3.78. The number of hydrogen-bond acceptors (Lipinski definition) is 2. The van der Waals surface area contributed by atoms with E-state index in [1.807, 2.05) is 68.4 Å². The van der Waals surface area contributed by atoms with Crippen LogP contribution in [-0.4, -0.2) is 10.9 Å². The number of aromatic nitrogens is 1. The van der Waals surface area contributed by atoms with Crippen LogP contribution in [0, 0.1) is 13.8 Å². The number of amides is 1. The van der Waals surface area contributed by atoms with Crippen LogP contribution in [0.1, 0.15) is 27.2 Å². The number of para-hydroxylation sites is 1. The second kappa shape index (κ2) is 5.98. The topological polar surface area (TPSA) is 42.0 Å². The molecule has 3 rings (SSSR count). The number of nitrogens with zero attached hydrogens (tertiary/aromatic N) is 1. The number of fused-ring (bicyclic) bond motifs is 1. The maximum Gasteiger partial charge on any atom is 0.253 e. The highest BCUT2D eigenvalue weighted by Crippen LogP contribution is 2.19. The molecule has 3 aromatic rings. The van der Waals surface area contributed by atoms with Crippen molar-refractivity contribution < 1.29 is 4.79 Å². The van der Waals surface area contributed by atoms with Crippen LogP contribution in [-0.2, 0) is 6.54 Å². The highest BCUT2D eigenvalue weighted by atomic mass is 16.1. The maximum atomic E-state index is 12.4. The van der Waals surface area contributed by atoms with E-state index in [4.69, 9.17) is 0 Å². The van der Waals surface area contributed by atoms with Gasteiger partial charge in [0.25, 0.3) is 5.91 Å². The number of benzene rings is 2. The Labute approximate surface area is 130 Å². The molecule has 0 bridgehead atoms. The van der Waals surface area contributed by atoms with Gasteiger partial charge in [-0.05, 0) is 31.0 Å². The van der Waals surface area contributed by atoms with E-state index in [0.717, 1.165) is 27.7 Å². The van der Waals surface area contributed by atoms with Gasteiger partial charge in [0, 0.05) is 11.9 Å². The smallest absolute Gasteiger partial charge is 0.253 e. The first-order valence-corrected chi connectivity index (χ1v) is 7.34. The summed E-state index contributed by atoms with van der Waals surface area (Å²) in [5.74, 6) is -0.0859. The van der Waals surface area contributed by atoms with Crippen molar-refractivity contribution in [1.82, 2.24) is 10.3 Å². The lowest BCUT2D eigenvalue weighted by Gasteiger charge is -2.10. The van der Waals surface area contributed by atoms with Crippen molar-refractivity contribution in [2.24, 2.45) is 0 Å². The van der Waals surface area contributed by atoms with Gasteiger partial charge in [-0.25, -0.2) is 0 Å². The largest absolute Gasteiger partial charge is 0.348 e. The van der Waals surface area contributed by atoms with Crippen molar-refractivity contribution in [3.63, 3.8) is 0 Å². The zero-order valence-electron chi connectivity index (χ0n) is 12.8. The summed E-state index contributed by atoms with van der Waals surface area (Å²) in [4.78, 5) is 17.0. The monoisotopic (exact) mass is 290 g/mol. The molecule has 1 amide bonds. The SMILES string of the molecule is Cc1nc2c(C)cccc2cc1C(=O)NCc1ccccc1. The molecule has 0 unspecified atom stereocenters. The second-order valence-electron chi connectivity index (χ2n) is 5.44. The first-order valence-electron chi connectivity index (χ1n) is 7.34. The van der Waals surface area contributed by atoms with Crippen LogP contribution in [0.15, 0.2) is 54.6 Å². The Hall–Kier alpha value is -2.68. The third-order valence-corrected chi connectivity index (χ3v) is 3.78. The fraction of sp³-hybridized carbons (Fsp3) is 0.158. The van der Waals surface area contributed by atoms with Gasteiger partial charge in [-0.1, -0.05) is 48.5 Å². The summed E-state index contributed by atoms with van der Waals surface area (Å²) >= 11 is 0. The molecular formula is C19H18N2O. The molecule has 0 saturated carbocycles. The molecule has 2 aromatic carbocycles. The van der Waals surface area contributed by atoms with Crippen LogP contribution < -0.4 is 5.32 Å². The van der Waals surface area contributed by atoms with E-state index in [1.165, 1.54) is 0 Å².